The van der Waals surface area contributed by atoms with E-state index < -0.39 is 0 Å². The molecule has 0 fully saturated rings. The number of carbonyl (C=O) groups is 1. The second-order valence-electron chi connectivity index (χ2n) is 6.36. The fourth-order valence-corrected chi connectivity index (χ4v) is 3.05. The van der Waals surface area contributed by atoms with E-state index >= 15 is 0 Å². The summed E-state index contributed by atoms with van der Waals surface area (Å²) in [6.45, 7) is 6.87. The maximum absolute atomic E-state index is 12.5. The molecule has 1 aromatic carbocycles. The van der Waals surface area contributed by atoms with Crippen molar-refractivity contribution in [2.24, 2.45) is 5.92 Å². The number of fused-ring (bicyclic) bond motifs is 1. The Hall–Kier alpha value is -1.39. The molecule has 4 heteroatoms. The van der Waals surface area contributed by atoms with E-state index in [0.717, 1.165) is 25.1 Å². The van der Waals surface area contributed by atoms with Crippen LogP contribution in [0.2, 0.25) is 0 Å². The molecule has 0 saturated heterocycles. The van der Waals surface area contributed by atoms with Gasteiger partial charge in [-0.25, -0.2) is 0 Å². The molecule has 1 unspecified atom stereocenters. The van der Waals surface area contributed by atoms with Crippen molar-refractivity contribution in [3.05, 3.63) is 34.9 Å². The van der Waals surface area contributed by atoms with Crippen molar-refractivity contribution >= 4 is 5.91 Å². The zero-order valence-electron chi connectivity index (χ0n) is 13.6. The summed E-state index contributed by atoms with van der Waals surface area (Å²) in [7, 11) is 4.12. The smallest absolute Gasteiger partial charge is 0.251 e. The summed E-state index contributed by atoms with van der Waals surface area (Å²) in [5.41, 5.74) is 3.30. The Balaban J connectivity index is 2.07. The van der Waals surface area contributed by atoms with Crippen molar-refractivity contribution in [2.75, 3.05) is 27.2 Å². The summed E-state index contributed by atoms with van der Waals surface area (Å²) in [5, 5.41) is 6.46. The van der Waals surface area contributed by atoms with E-state index in [1.165, 1.54) is 11.1 Å². The first-order chi connectivity index (χ1) is 10.0. The Kier molecular flexibility index (Phi) is 5.37. The van der Waals surface area contributed by atoms with E-state index in [1.54, 1.807) is 0 Å². The SMILES string of the molecule is CC(C)C(CNC(=O)c1cccc2c1CCNC2)N(C)C. The minimum absolute atomic E-state index is 0.0567. The van der Waals surface area contributed by atoms with Crippen LogP contribution in [0.3, 0.4) is 0 Å². The molecule has 1 aromatic rings. The van der Waals surface area contributed by atoms with Crippen LogP contribution >= 0.6 is 0 Å². The van der Waals surface area contributed by atoms with Gasteiger partial charge in [-0.1, -0.05) is 26.0 Å². The molecule has 4 nitrogen and oxygen atoms in total. The molecule has 2 rings (SSSR count). The van der Waals surface area contributed by atoms with E-state index in [4.69, 9.17) is 0 Å². The Morgan fingerprint density at radius 2 is 2.14 bits per heavy atom. The Morgan fingerprint density at radius 1 is 1.38 bits per heavy atom. The van der Waals surface area contributed by atoms with Gasteiger partial charge in [0.1, 0.15) is 0 Å². The number of likely N-dealkylation sites (N-methyl/N-ethyl adjacent to an activating group) is 1. The first-order valence-corrected chi connectivity index (χ1v) is 7.76. The lowest BCUT2D eigenvalue weighted by Crippen LogP contribution is -2.43. The van der Waals surface area contributed by atoms with Crippen molar-refractivity contribution in [2.45, 2.75) is 32.9 Å². The summed E-state index contributed by atoms with van der Waals surface area (Å²) < 4.78 is 0. The second-order valence-corrected chi connectivity index (χ2v) is 6.36. The lowest BCUT2D eigenvalue weighted by atomic mass is 9.95. The third-order valence-electron chi connectivity index (χ3n) is 4.29. The number of benzene rings is 1. The molecule has 0 aliphatic carbocycles. The largest absolute Gasteiger partial charge is 0.350 e. The fourth-order valence-electron chi connectivity index (χ4n) is 3.05. The van der Waals surface area contributed by atoms with Crippen molar-refractivity contribution in [1.29, 1.82) is 0 Å². The van der Waals surface area contributed by atoms with Crippen LogP contribution < -0.4 is 10.6 Å². The highest BCUT2D eigenvalue weighted by atomic mass is 16.1. The lowest BCUT2D eigenvalue weighted by Gasteiger charge is -2.28. The van der Waals surface area contributed by atoms with Crippen molar-refractivity contribution < 1.29 is 4.79 Å². The third kappa shape index (κ3) is 3.83. The highest BCUT2D eigenvalue weighted by molar-refractivity contribution is 5.96. The van der Waals surface area contributed by atoms with Gasteiger partial charge in [0.05, 0.1) is 0 Å². The van der Waals surface area contributed by atoms with Gasteiger partial charge in [0, 0.05) is 24.7 Å². The van der Waals surface area contributed by atoms with Gasteiger partial charge in [0.2, 0.25) is 0 Å². The molecule has 0 aromatic heterocycles. The first kappa shape index (κ1) is 16.0. The zero-order valence-corrected chi connectivity index (χ0v) is 13.6. The van der Waals surface area contributed by atoms with Crippen LogP contribution in [-0.4, -0.2) is 44.0 Å². The molecule has 2 N–H and O–H groups in total. The molecular formula is C17H27N3O. The summed E-state index contributed by atoms with van der Waals surface area (Å²) >= 11 is 0. The van der Waals surface area contributed by atoms with E-state index in [1.807, 2.05) is 12.1 Å². The molecule has 1 aliphatic rings. The average molecular weight is 289 g/mol. The number of carbonyl (C=O) groups excluding carboxylic acids is 1. The first-order valence-electron chi connectivity index (χ1n) is 7.76. The highest BCUT2D eigenvalue weighted by Crippen LogP contribution is 2.18. The van der Waals surface area contributed by atoms with Gasteiger partial charge < -0.3 is 15.5 Å². The van der Waals surface area contributed by atoms with Crippen LogP contribution in [0.4, 0.5) is 0 Å². The van der Waals surface area contributed by atoms with E-state index in [-0.39, 0.29) is 5.91 Å². The summed E-state index contributed by atoms with van der Waals surface area (Å²) in [5.74, 6) is 0.565. The topological polar surface area (TPSA) is 44.4 Å². The number of hydrogen-bond donors (Lipinski definition) is 2. The predicted molar refractivity (Wildman–Crippen MR) is 86.5 cm³/mol. The number of hydrogen-bond acceptors (Lipinski definition) is 3. The van der Waals surface area contributed by atoms with E-state index in [9.17, 15) is 4.79 Å². The van der Waals surface area contributed by atoms with Gasteiger partial charge in [-0.2, -0.15) is 0 Å². The molecule has 0 bridgehead atoms. The van der Waals surface area contributed by atoms with Crippen LogP contribution in [0, 0.1) is 5.92 Å². The molecule has 0 radical (unpaired) electrons. The lowest BCUT2D eigenvalue weighted by molar-refractivity contribution is 0.0933. The van der Waals surface area contributed by atoms with Crippen LogP contribution in [0.5, 0.6) is 0 Å². The molecular weight excluding hydrogens is 262 g/mol. The molecule has 1 atom stereocenters. The molecule has 21 heavy (non-hydrogen) atoms. The minimum atomic E-state index is 0.0567. The quantitative estimate of drug-likeness (QED) is 0.866. The van der Waals surface area contributed by atoms with Crippen LogP contribution in [0.15, 0.2) is 18.2 Å². The molecule has 1 heterocycles. The number of nitrogens with one attached hydrogen (secondary N) is 2. The van der Waals surface area contributed by atoms with Gasteiger partial charge in [0.25, 0.3) is 5.91 Å². The average Bonchev–Trinajstić information content (AvgIpc) is 2.46. The summed E-state index contributed by atoms with van der Waals surface area (Å²) in [4.78, 5) is 14.7. The predicted octanol–water partition coefficient (Wildman–Crippen LogP) is 1.65. The van der Waals surface area contributed by atoms with Gasteiger partial charge in [-0.05, 0) is 50.2 Å². The summed E-state index contributed by atoms with van der Waals surface area (Å²) in [6, 6.07) is 6.39. The van der Waals surface area contributed by atoms with Crippen molar-refractivity contribution in [3.63, 3.8) is 0 Å². The van der Waals surface area contributed by atoms with Gasteiger partial charge in [-0.15, -0.1) is 0 Å². The molecule has 1 aliphatic heterocycles. The zero-order chi connectivity index (χ0) is 15.4. The Labute approximate surface area is 127 Å². The van der Waals surface area contributed by atoms with Crippen molar-refractivity contribution in [1.82, 2.24) is 15.5 Å². The third-order valence-corrected chi connectivity index (χ3v) is 4.29. The Bertz CT molecular complexity index is 489. The van der Waals surface area contributed by atoms with Gasteiger partial charge in [-0.3, -0.25) is 4.79 Å². The second kappa shape index (κ2) is 7.05. The number of nitrogens with zero attached hydrogens (tertiary/aromatic N) is 1. The maximum atomic E-state index is 12.5. The minimum Gasteiger partial charge on any atom is -0.350 e. The normalized spacial score (nSPS) is 15.9. The standard InChI is InChI=1S/C17H27N3O/c1-12(2)16(20(3)4)11-19-17(21)15-7-5-6-13-10-18-9-8-14(13)15/h5-7,12,16,18H,8-11H2,1-4H3,(H,19,21). The molecule has 116 valence electrons. The molecule has 0 spiro atoms. The van der Waals surface area contributed by atoms with Gasteiger partial charge in [0.15, 0.2) is 0 Å². The van der Waals surface area contributed by atoms with E-state index in [2.05, 4.69) is 49.5 Å². The van der Waals surface area contributed by atoms with Gasteiger partial charge >= 0.3 is 0 Å². The summed E-state index contributed by atoms with van der Waals surface area (Å²) in [6.07, 6.45) is 0.931. The number of rotatable bonds is 5. The maximum Gasteiger partial charge on any atom is 0.251 e. The van der Waals surface area contributed by atoms with Crippen LogP contribution in [0.25, 0.3) is 0 Å². The monoisotopic (exact) mass is 289 g/mol. The fraction of sp³-hybridized carbons (Fsp3) is 0.588. The Morgan fingerprint density at radius 3 is 2.81 bits per heavy atom. The van der Waals surface area contributed by atoms with E-state index in [0.29, 0.717) is 18.5 Å². The highest BCUT2D eigenvalue weighted by Gasteiger charge is 2.20. The molecule has 1 amide bonds. The van der Waals surface area contributed by atoms with Crippen LogP contribution in [-0.2, 0) is 13.0 Å². The van der Waals surface area contributed by atoms with Crippen molar-refractivity contribution in [3.8, 4) is 0 Å². The van der Waals surface area contributed by atoms with Crippen LogP contribution in [0.1, 0.15) is 35.3 Å². The molecule has 0 saturated carbocycles. The number of amides is 1.